The maximum absolute atomic E-state index is 5.91. The second-order valence-electron chi connectivity index (χ2n) is 8.55. The van der Waals surface area contributed by atoms with Crippen LogP contribution >= 0.6 is 0 Å². The zero-order valence-electron chi connectivity index (χ0n) is 23.6. The molecule has 0 unspecified atom stereocenters. The van der Waals surface area contributed by atoms with Gasteiger partial charge in [-0.1, -0.05) is 0 Å². The highest BCUT2D eigenvalue weighted by Crippen LogP contribution is 2.40. The molecule has 0 saturated heterocycles. The van der Waals surface area contributed by atoms with Crippen molar-refractivity contribution in [3.05, 3.63) is 58.7 Å². The molecule has 0 aliphatic rings. The average molecular weight is 527 g/mol. The van der Waals surface area contributed by atoms with Crippen LogP contribution < -0.4 is 37.9 Å². The van der Waals surface area contributed by atoms with Gasteiger partial charge in [0, 0.05) is 0 Å². The van der Waals surface area contributed by atoms with Gasteiger partial charge in [0.1, 0.15) is 11.5 Å². The molecule has 0 aliphatic carbocycles. The van der Waals surface area contributed by atoms with E-state index in [1.54, 1.807) is 56.9 Å². The highest BCUT2D eigenvalue weighted by molar-refractivity contribution is 5.55. The molecule has 3 rings (SSSR count). The summed E-state index contributed by atoms with van der Waals surface area (Å²) >= 11 is 0. The van der Waals surface area contributed by atoms with E-state index in [4.69, 9.17) is 37.9 Å². The lowest BCUT2D eigenvalue weighted by Gasteiger charge is -2.18. The lowest BCUT2D eigenvalue weighted by Crippen LogP contribution is -2.04. The molecule has 0 aromatic heterocycles. The van der Waals surface area contributed by atoms with Gasteiger partial charge in [0.05, 0.1) is 56.9 Å². The van der Waals surface area contributed by atoms with Crippen LogP contribution in [0.15, 0.2) is 36.4 Å². The molecule has 0 atom stereocenters. The van der Waals surface area contributed by atoms with Crippen LogP contribution in [0.1, 0.15) is 22.3 Å². The predicted octanol–water partition coefficient (Wildman–Crippen LogP) is 5.33. The Balaban J connectivity index is 1.89. The van der Waals surface area contributed by atoms with E-state index in [1.165, 1.54) is 0 Å². The Bertz CT molecular complexity index is 1080. The Kier molecular flexibility index (Phi) is 10.2. The van der Waals surface area contributed by atoms with E-state index in [-0.39, 0.29) is 0 Å². The summed E-state index contributed by atoms with van der Waals surface area (Å²) in [6.45, 7) is 0. The van der Waals surface area contributed by atoms with E-state index in [0.29, 0.717) is 34.5 Å². The Labute approximate surface area is 225 Å². The first-order chi connectivity index (χ1) is 18.5. The van der Waals surface area contributed by atoms with Crippen molar-refractivity contribution in [3.8, 4) is 46.0 Å². The highest BCUT2D eigenvalue weighted by atomic mass is 16.5. The number of aryl methyl sites for hydroxylation is 4. The van der Waals surface area contributed by atoms with Gasteiger partial charge >= 0.3 is 0 Å². The fourth-order valence-electron chi connectivity index (χ4n) is 4.59. The molecule has 0 heterocycles. The SMILES string of the molecule is COc1cc(CCc2cc(OC)c(OC)c(OC)c2)c(OC)c(CCc2cc(OC)c(OC)c(OC)c2)c1. The molecule has 0 radical (unpaired) electrons. The second kappa shape index (κ2) is 13.6. The van der Waals surface area contributed by atoms with Crippen molar-refractivity contribution in [2.45, 2.75) is 25.7 Å². The first kappa shape index (κ1) is 28.6. The number of benzene rings is 3. The molecule has 8 heteroatoms. The van der Waals surface area contributed by atoms with E-state index >= 15 is 0 Å². The molecule has 0 spiro atoms. The van der Waals surface area contributed by atoms with Crippen molar-refractivity contribution in [1.82, 2.24) is 0 Å². The third kappa shape index (κ3) is 6.30. The Morgan fingerprint density at radius 3 is 0.974 bits per heavy atom. The third-order valence-corrected chi connectivity index (χ3v) is 6.47. The summed E-state index contributed by atoms with van der Waals surface area (Å²) in [7, 11) is 13.0. The number of ether oxygens (including phenoxy) is 8. The molecule has 0 bridgehead atoms. The van der Waals surface area contributed by atoms with Crippen molar-refractivity contribution >= 4 is 0 Å². The molecule has 0 amide bonds. The number of hydrogen-bond acceptors (Lipinski definition) is 8. The standard InChI is InChI=1S/C30H38O8/c1-31-23-17-21(11-9-19-13-24(32-2)29(37-7)25(14-19)33-3)28(36-6)22(18-23)12-10-20-15-26(34-4)30(38-8)27(16-20)35-5/h13-18H,9-12H2,1-8H3. The van der Waals surface area contributed by atoms with Crippen molar-refractivity contribution < 1.29 is 37.9 Å². The summed E-state index contributed by atoms with van der Waals surface area (Å²) in [5.41, 5.74) is 4.23. The lowest BCUT2D eigenvalue weighted by atomic mass is 9.96. The zero-order valence-corrected chi connectivity index (χ0v) is 23.6. The molecular weight excluding hydrogens is 488 g/mol. The fraction of sp³-hybridized carbons (Fsp3) is 0.400. The summed E-state index contributed by atoms with van der Waals surface area (Å²) in [4.78, 5) is 0. The molecule has 8 nitrogen and oxygen atoms in total. The molecule has 0 N–H and O–H groups in total. The van der Waals surface area contributed by atoms with Crippen LogP contribution in [0.25, 0.3) is 0 Å². The van der Waals surface area contributed by atoms with Gasteiger partial charge in [0.2, 0.25) is 11.5 Å². The van der Waals surface area contributed by atoms with E-state index in [9.17, 15) is 0 Å². The second-order valence-corrected chi connectivity index (χ2v) is 8.55. The summed E-state index contributed by atoms with van der Waals surface area (Å²) in [5, 5.41) is 0. The molecule has 3 aromatic carbocycles. The minimum atomic E-state index is 0.576. The first-order valence-electron chi connectivity index (χ1n) is 12.3. The van der Waals surface area contributed by atoms with Crippen LogP contribution in [0.5, 0.6) is 46.0 Å². The van der Waals surface area contributed by atoms with Gasteiger partial charge in [0.15, 0.2) is 23.0 Å². The molecule has 0 aliphatic heterocycles. The van der Waals surface area contributed by atoms with Crippen LogP contribution in [0.4, 0.5) is 0 Å². The van der Waals surface area contributed by atoms with Crippen molar-refractivity contribution in [2.24, 2.45) is 0 Å². The molecular formula is C30H38O8. The maximum Gasteiger partial charge on any atom is 0.203 e. The smallest absolute Gasteiger partial charge is 0.203 e. The average Bonchev–Trinajstić information content (AvgIpc) is 2.96. The number of rotatable bonds is 14. The van der Waals surface area contributed by atoms with E-state index in [0.717, 1.165) is 59.4 Å². The summed E-state index contributed by atoms with van der Waals surface area (Å²) in [6, 6.07) is 11.9. The van der Waals surface area contributed by atoms with Crippen molar-refractivity contribution in [1.29, 1.82) is 0 Å². The minimum absolute atomic E-state index is 0.576. The van der Waals surface area contributed by atoms with Crippen LogP contribution in [0.3, 0.4) is 0 Å². The van der Waals surface area contributed by atoms with Gasteiger partial charge in [-0.05, 0) is 84.3 Å². The van der Waals surface area contributed by atoms with Gasteiger partial charge < -0.3 is 37.9 Å². The monoisotopic (exact) mass is 526 g/mol. The molecule has 3 aromatic rings. The van der Waals surface area contributed by atoms with Crippen molar-refractivity contribution in [2.75, 3.05) is 56.9 Å². The Hall–Kier alpha value is -3.94. The van der Waals surface area contributed by atoms with Gasteiger partial charge in [0.25, 0.3) is 0 Å². The number of hydrogen-bond donors (Lipinski definition) is 0. The minimum Gasteiger partial charge on any atom is -0.497 e. The van der Waals surface area contributed by atoms with E-state index < -0.39 is 0 Å². The lowest BCUT2D eigenvalue weighted by molar-refractivity contribution is 0.324. The van der Waals surface area contributed by atoms with Crippen LogP contribution in [0.2, 0.25) is 0 Å². The van der Waals surface area contributed by atoms with Gasteiger partial charge in [-0.2, -0.15) is 0 Å². The fourth-order valence-corrected chi connectivity index (χ4v) is 4.59. The molecule has 0 saturated carbocycles. The van der Waals surface area contributed by atoms with Gasteiger partial charge in [-0.3, -0.25) is 0 Å². The first-order valence-corrected chi connectivity index (χ1v) is 12.3. The maximum atomic E-state index is 5.91. The largest absolute Gasteiger partial charge is 0.497 e. The van der Waals surface area contributed by atoms with E-state index in [2.05, 4.69) is 0 Å². The quantitative estimate of drug-likeness (QED) is 0.279. The molecule has 206 valence electrons. The zero-order chi connectivity index (χ0) is 27.7. The number of methoxy groups -OCH3 is 8. The molecule has 0 fully saturated rings. The Morgan fingerprint density at radius 1 is 0.368 bits per heavy atom. The highest BCUT2D eigenvalue weighted by Gasteiger charge is 2.17. The normalized spacial score (nSPS) is 10.5. The summed E-state index contributed by atoms with van der Waals surface area (Å²) in [5.74, 6) is 5.31. The summed E-state index contributed by atoms with van der Waals surface area (Å²) in [6.07, 6.45) is 2.95. The van der Waals surface area contributed by atoms with E-state index in [1.807, 2.05) is 36.4 Å². The molecule has 38 heavy (non-hydrogen) atoms. The predicted molar refractivity (Wildman–Crippen MR) is 147 cm³/mol. The van der Waals surface area contributed by atoms with Crippen LogP contribution in [-0.4, -0.2) is 56.9 Å². The Morgan fingerprint density at radius 2 is 0.711 bits per heavy atom. The van der Waals surface area contributed by atoms with Gasteiger partial charge in [-0.25, -0.2) is 0 Å². The topological polar surface area (TPSA) is 73.8 Å². The van der Waals surface area contributed by atoms with Crippen LogP contribution in [0, 0.1) is 0 Å². The summed E-state index contributed by atoms with van der Waals surface area (Å²) < 4.78 is 44.5. The van der Waals surface area contributed by atoms with Crippen molar-refractivity contribution in [3.63, 3.8) is 0 Å². The van der Waals surface area contributed by atoms with Gasteiger partial charge in [-0.15, -0.1) is 0 Å². The third-order valence-electron chi connectivity index (χ3n) is 6.47. The van der Waals surface area contributed by atoms with Crippen LogP contribution in [-0.2, 0) is 25.7 Å².